The van der Waals surface area contributed by atoms with Crippen molar-refractivity contribution < 1.29 is 39.3 Å². The van der Waals surface area contributed by atoms with Gasteiger partial charge in [0, 0.05) is 0 Å². The summed E-state index contributed by atoms with van der Waals surface area (Å²) >= 11 is 0. The molecular weight excluding hydrogens is 219 g/mol. The SMILES string of the molecule is O=P(O)(O)OC[C@H](O)[C@H](O)[C@H](O)CO. The Morgan fingerprint density at radius 3 is 2.00 bits per heavy atom. The number of phosphoric acid groups is 1. The highest BCUT2D eigenvalue weighted by atomic mass is 31.2. The molecule has 0 saturated carbocycles. The summed E-state index contributed by atoms with van der Waals surface area (Å²) in [7, 11) is -4.71. The Kier molecular flexibility index (Phi) is 5.72. The minimum atomic E-state index is -4.71. The van der Waals surface area contributed by atoms with E-state index in [0.29, 0.717) is 0 Å². The number of hydrogen-bond acceptors (Lipinski definition) is 6. The molecule has 9 heteroatoms. The Morgan fingerprint density at radius 1 is 1.14 bits per heavy atom. The summed E-state index contributed by atoms with van der Waals surface area (Å²) in [4.78, 5) is 16.5. The quantitative estimate of drug-likeness (QED) is 0.268. The predicted octanol–water partition coefficient (Wildman–Crippen LogP) is -2.83. The van der Waals surface area contributed by atoms with E-state index in [1.165, 1.54) is 0 Å². The maximum Gasteiger partial charge on any atom is 0.469 e. The van der Waals surface area contributed by atoms with E-state index < -0.39 is 39.3 Å². The van der Waals surface area contributed by atoms with Gasteiger partial charge >= 0.3 is 7.82 Å². The molecule has 0 amide bonds. The van der Waals surface area contributed by atoms with Crippen LogP contribution >= 0.6 is 7.82 Å². The first-order valence-electron chi connectivity index (χ1n) is 3.63. The molecule has 0 aromatic rings. The lowest BCUT2D eigenvalue weighted by molar-refractivity contribution is -0.0891. The maximum atomic E-state index is 10.2. The summed E-state index contributed by atoms with van der Waals surface area (Å²) in [5, 5.41) is 35.2. The minimum absolute atomic E-state index is 0.784. The fourth-order valence-corrected chi connectivity index (χ4v) is 0.983. The van der Waals surface area contributed by atoms with Gasteiger partial charge in [0.1, 0.15) is 18.3 Å². The fourth-order valence-electron chi connectivity index (χ4n) is 0.636. The van der Waals surface area contributed by atoms with Crippen molar-refractivity contribution in [3.63, 3.8) is 0 Å². The van der Waals surface area contributed by atoms with Crippen molar-refractivity contribution in [2.75, 3.05) is 13.2 Å². The van der Waals surface area contributed by atoms with Crippen LogP contribution in [0, 0.1) is 0 Å². The van der Waals surface area contributed by atoms with Crippen molar-refractivity contribution in [2.45, 2.75) is 18.3 Å². The van der Waals surface area contributed by atoms with Crippen LogP contribution in [0.2, 0.25) is 0 Å². The second-order valence-electron chi connectivity index (χ2n) is 2.59. The zero-order valence-electron chi connectivity index (χ0n) is 7.09. The third-order valence-corrected chi connectivity index (χ3v) is 1.87. The Labute approximate surface area is 79.6 Å². The molecule has 0 aromatic heterocycles. The summed E-state index contributed by atoms with van der Waals surface area (Å²) < 4.78 is 14.0. The molecule has 0 radical (unpaired) electrons. The molecule has 0 fully saturated rings. The molecule has 8 nitrogen and oxygen atoms in total. The standard InChI is InChI=1S/C5H13O8P/c6-1-3(7)5(9)4(8)2-13-14(10,11)12/h3-9H,1-2H2,(H2,10,11,12)/t3-,4+,5-/m1/s1. The summed E-state index contributed by atoms with van der Waals surface area (Å²) in [6.45, 7) is -1.63. The highest BCUT2D eigenvalue weighted by Gasteiger charge is 2.26. The average Bonchev–Trinajstić information content (AvgIpc) is 2.10. The van der Waals surface area contributed by atoms with Crippen molar-refractivity contribution in [3.05, 3.63) is 0 Å². The van der Waals surface area contributed by atoms with Crippen LogP contribution in [-0.4, -0.2) is 61.7 Å². The molecule has 14 heavy (non-hydrogen) atoms. The van der Waals surface area contributed by atoms with Gasteiger partial charge in [0.15, 0.2) is 0 Å². The van der Waals surface area contributed by atoms with Crippen LogP contribution in [0.3, 0.4) is 0 Å². The molecular formula is C5H13O8P. The largest absolute Gasteiger partial charge is 0.469 e. The molecule has 3 atom stereocenters. The summed E-state index contributed by atoms with van der Waals surface area (Å²) in [6, 6.07) is 0. The molecule has 0 bridgehead atoms. The third kappa shape index (κ3) is 5.63. The van der Waals surface area contributed by atoms with E-state index in [1.54, 1.807) is 0 Å². The van der Waals surface area contributed by atoms with Crippen LogP contribution in [-0.2, 0) is 9.09 Å². The Bertz CT molecular complexity index is 202. The molecule has 0 spiro atoms. The molecule has 0 saturated heterocycles. The number of phosphoric ester groups is 1. The lowest BCUT2D eigenvalue weighted by atomic mass is 10.1. The molecule has 6 N–H and O–H groups in total. The summed E-state index contributed by atoms with van der Waals surface area (Å²) in [6.07, 6.45) is -5.01. The van der Waals surface area contributed by atoms with E-state index in [1.807, 2.05) is 0 Å². The van der Waals surface area contributed by atoms with Gasteiger partial charge in [-0.3, -0.25) is 4.52 Å². The van der Waals surface area contributed by atoms with Gasteiger partial charge in [-0.1, -0.05) is 0 Å². The Morgan fingerprint density at radius 2 is 1.64 bits per heavy atom. The summed E-state index contributed by atoms with van der Waals surface area (Å²) in [5.41, 5.74) is 0. The molecule has 0 aromatic carbocycles. The second-order valence-corrected chi connectivity index (χ2v) is 3.83. The van der Waals surface area contributed by atoms with Crippen LogP contribution in [0.25, 0.3) is 0 Å². The minimum Gasteiger partial charge on any atom is -0.394 e. The number of rotatable bonds is 6. The summed E-state index contributed by atoms with van der Waals surface area (Å²) in [5.74, 6) is 0. The maximum absolute atomic E-state index is 10.2. The molecule has 0 unspecified atom stereocenters. The fraction of sp³-hybridized carbons (Fsp3) is 1.00. The van der Waals surface area contributed by atoms with Crippen LogP contribution in [0.5, 0.6) is 0 Å². The number of aliphatic hydroxyl groups is 4. The number of aliphatic hydroxyl groups excluding tert-OH is 4. The van der Waals surface area contributed by atoms with Crippen LogP contribution in [0.15, 0.2) is 0 Å². The van der Waals surface area contributed by atoms with Crippen molar-refractivity contribution in [1.29, 1.82) is 0 Å². The van der Waals surface area contributed by atoms with Crippen molar-refractivity contribution in [3.8, 4) is 0 Å². The Hall–Kier alpha value is -0.0500. The van der Waals surface area contributed by atoms with Gasteiger partial charge < -0.3 is 30.2 Å². The normalized spacial score (nSPS) is 19.0. The zero-order chi connectivity index (χ0) is 11.4. The lowest BCUT2D eigenvalue weighted by Crippen LogP contribution is -2.41. The zero-order valence-corrected chi connectivity index (χ0v) is 7.99. The van der Waals surface area contributed by atoms with Gasteiger partial charge in [0.25, 0.3) is 0 Å². The molecule has 0 aliphatic heterocycles. The van der Waals surface area contributed by atoms with E-state index >= 15 is 0 Å². The van der Waals surface area contributed by atoms with Crippen molar-refractivity contribution >= 4 is 7.82 Å². The average molecular weight is 232 g/mol. The molecule has 0 aliphatic rings. The first kappa shape index (κ1) is 13.9. The van der Waals surface area contributed by atoms with Gasteiger partial charge in [-0.05, 0) is 0 Å². The van der Waals surface area contributed by atoms with Gasteiger partial charge in [0.2, 0.25) is 0 Å². The van der Waals surface area contributed by atoms with Crippen molar-refractivity contribution in [2.24, 2.45) is 0 Å². The Balaban J connectivity index is 3.96. The van der Waals surface area contributed by atoms with Crippen LogP contribution < -0.4 is 0 Å². The van der Waals surface area contributed by atoms with Gasteiger partial charge in [0.05, 0.1) is 13.2 Å². The van der Waals surface area contributed by atoms with E-state index in [4.69, 9.17) is 30.2 Å². The monoisotopic (exact) mass is 232 g/mol. The van der Waals surface area contributed by atoms with E-state index in [-0.39, 0.29) is 0 Å². The smallest absolute Gasteiger partial charge is 0.394 e. The molecule has 86 valence electrons. The third-order valence-electron chi connectivity index (χ3n) is 1.39. The number of hydrogen-bond donors (Lipinski definition) is 6. The van der Waals surface area contributed by atoms with Crippen LogP contribution in [0.4, 0.5) is 0 Å². The van der Waals surface area contributed by atoms with E-state index in [9.17, 15) is 4.57 Å². The molecule has 0 heterocycles. The van der Waals surface area contributed by atoms with E-state index in [2.05, 4.69) is 4.52 Å². The topological polar surface area (TPSA) is 148 Å². The first-order valence-corrected chi connectivity index (χ1v) is 5.16. The first-order chi connectivity index (χ1) is 6.28. The molecule has 0 aliphatic carbocycles. The second kappa shape index (κ2) is 5.74. The predicted molar refractivity (Wildman–Crippen MR) is 43.1 cm³/mol. The van der Waals surface area contributed by atoms with Gasteiger partial charge in [-0.15, -0.1) is 0 Å². The van der Waals surface area contributed by atoms with E-state index in [0.717, 1.165) is 0 Å². The van der Waals surface area contributed by atoms with Gasteiger partial charge in [-0.2, -0.15) is 0 Å². The van der Waals surface area contributed by atoms with Crippen molar-refractivity contribution in [1.82, 2.24) is 0 Å². The van der Waals surface area contributed by atoms with Gasteiger partial charge in [-0.25, -0.2) is 4.57 Å². The highest BCUT2D eigenvalue weighted by Crippen LogP contribution is 2.35. The molecule has 0 rings (SSSR count). The lowest BCUT2D eigenvalue weighted by Gasteiger charge is -2.21. The van der Waals surface area contributed by atoms with Crippen LogP contribution in [0.1, 0.15) is 0 Å². The highest BCUT2D eigenvalue weighted by molar-refractivity contribution is 7.46.